The van der Waals surface area contributed by atoms with Gasteiger partial charge in [-0.05, 0) is 30.7 Å². The fourth-order valence-corrected chi connectivity index (χ4v) is 3.60. The Bertz CT molecular complexity index is 757. The molecule has 1 saturated heterocycles. The average Bonchev–Trinajstić information content (AvgIpc) is 3.36. The summed E-state index contributed by atoms with van der Waals surface area (Å²) in [4.78, 5) is 17.1. The van der Waals surface area contributed by atoms with Crippen LogP contribution in [0.25, 0.3) is 0 Å². The van der Waals surface area contributed by atoms with Gasteiger partial charge < -0.3 is 9.64 Å². The number of morpholine rings is 1. The van der Waals surface area contributed by atoms with Crippen LogP contribution in [0.15, 0.2) is 28.5 Å². The fourth-order valence-electron chi connectivity index (χ4n) is 2.66. The van der Waals surface area contributed by atoms with E-state index in [1.165, 1.54) is 17.8 Å². The normalized spacial score (nSPS) is 17.9. The lowest BCUT2D eigenvalue weighted by Gasteiger charge is -2.27. The molecule has 10 heteroatoms. The fraction of sp³-hybridized carbons (Fsp3) is 0.500. The Morgan fingerprint density at radius 2 is 2.08 bits per heavy atom. The van der Waals surface area contributed by atoms with E-state index in [4.69, 9.17) is 4.74 Å². The molecule has 1 aliphatic carbocycles. The van der Waals surface area contributed by atoms with Gasteiger partial charge in [0, 0.05) is 31.4 Å². The molecule has 0 unspecified atom stereocenters. The highest BCUT2D eigenvalue weighted by molar-refractivity contribution is 7.99. The summed E-state index contributed by atoms with van der Waals surface area (Å²) in [5, 5.41) is 20.8. The Labute approximate surface area is 142 Å². The van der Waals surface area contributed by atoms with Gasteiger partial charge in [-0.1, -0.05) is 0 Å². The van der Waals surface area contributed by atoms with Crippen LogP contribution >= 0.6 is 11.8 Å². The molecule has 4 rings (SSSR count). The zero-order chi connectivity index (χ0) is 16.5. The molecule has 1 saturated carbocycles. The molecule has 0 spiro atoms. The Balaban J connectivity index is 1.66. The second-order valence-corrected chi connectivity index (χ2v) is 6.63. The van der Waals surface area contributed by atoms with Crippen LogP contribution in [0.3, 0.4) is 0 Å². The summed E-state index contributed by atoms with van der Waals surface area (Å²) in [5.74, 6) is 0.821. The molecule has 0 aromatic carbocycles. The van der Waals surface area contributed by atoms with Crippen molar-refractivity contribution in [2.45, 2.75) is 29.1 Å². The average molecular weight is 348 g/mol. The summed E-state index contributed by atoms with van der Waals surface area (Å²) < 4.78 is 7.48. The number of anilines is 1. The van der Waals surface area contributed by atoms with Crippen LogP contribution in [0, 0.1) is 10.1 Å². The highest BCUT2D eigenvalue weighted by Gasteiger charge is 2.33. The maximum atomic E-state index is 11.2. The number of pyridine rings is 1. The van der Waals surface area contributed by atoms with Gasteiger partial charge in [0.25, 0.3) is 0 Å². The topological polar surface area (TPSA) is 99.2 Å². The molecule has 126 valence electrons. The minimum absolute atomic E-state index is 0.0132. The van der Waals surface area contributed by atoms with E-state index >= 15 is 0 Å². The number of aromatic nitrogens is 4. The molecule has 2 aliphatic rings. The molecule has 0 bridgehead atoms. The molecular formula is C14H16N6O3S. The first kappa shape index (κ1) is 15.3. The first-order chi connectivity index (χ1) is 11.7. The number of hydrogen-bond acceptors (Lipinski definition) is 8. The van der Waals surface area contributed by atoms with Crippen LogP contribution in [0.2, 0.25) is 0 Å². The van der Waals surface area contributed by atoms with Gasteiger partial charge in [0.2, 0.25) is 5.95 Å². The maximum Gasteiger partial charge on any atom is 0.301 e. The highest BCUT2D eigenvalue weighted by atomic mass is 32.2. The third kappa shape index (κ3) is 2.94. The van der Waals surface area contributed by atoms with E-state index in [0.717, 1.165) is 31.9 Å². The van der Waals surface area contributed by atoms with E-state index in [2.05, 4.69) is 24.6 Å². The lowest BCUT2D eigenvalue weighted by molar-refractivity contribution is -0.388. The molecule has 2 fully saturated rings. The number of ether oxygens (including phenoxy) is 1. The minimum Gasteiger partial charge on any atom is -0.378 e. The Morgan fingerprint density at radius 3 is 2.79 bits per heavy atom. The molecule has 24 heavy (non-hydrogen) atoms. The second-order valence-electron chi connectivity index (χ2n) is 5.67. The molecule has 1 aliphatic heterocycles. The predicted molar refractivity (Wildman–Crippen MR) is 86.3 cm³/mol. The lowest BCUT2D eigenvalue weighted by atomic mass is 10.4. The molecule has 0 amide bonds. The van der Waals surface area contributed by atoms with Crippen molar-refractivity contribution in [3.8, 4) is 0 Å². The van der Waals surface area contributed by atoms with Crippen molar-refractivity contribution in [2.75, 3.05) is 31.2 Å². The molecule has 9 nitrogen and oxygen atoms in total. The van der Waals surface area contributed by atoms with Crippen LogP contribution in [-0.4, -0.2) is 51.0 Å². The summed E-state index contributed by atoms with van der Waals surface area (Å²) in [6, 6.07) is 3.38. The third-order valence-electron chi connectivity index (χ3n) is 3.99. The smallest absolute Gasteiger partial charge is 0.301 e. The van der Waals surface area contributed by atoms with Crippen molar-refractivity contribution < 1.29 is 9.66 Å². The van der Waals surface area contributed by atoms with Crippen molar-refractivity contribution in [3.63, 3.8) is 0 Å². The Kier molecular flexibility index (Phi) is 4.07. The summed E-state index contributed by atoms with van der Waals surface area (Å²) in [6.45, 7) is 2.90. The van der Waals surface area contributed by atoms with Crippen LogP contribution in [0.4, 0.5) is 11.6 Å². The van der Waals surface area contributed by atoms with E-state index in [1.807, 2.05) is 0 Å². The van der Waals surface area contributed by atoms with E-state index in [1.54, 1.807) is 12.3 Å². The van der Waals surface area contributed by atoms with E-state index in [0.29, 0.717) is 29.4 Å². The van der Waals surface area contributed by atoms with Gasteiger partial charge in [0.1, 0.15) is 0 Å². The minimum atomic E-state index is -0.421. The van der Waals surface area contributed by atoms with Crippen LogP contribution in [-0.2, 0) is 4.74 Å². The molecule has 3 heterocycles. The standard InChI is InChI=1S/C14H16N6O3S/c21-20(22)11-2-1-5-15-12(11)24-14-17-16-13(19(14)10-3-4-10)18-6-8-23-9-7-18/h1-2,5,10H,3-4,6-9H2. The second kappa shape index (κ2) is 6.36. The van der Waals surface area contributed by atoms with Crippen molar-refractivity contribution in [2.24, 2.45) is 0 Å². The van der Waals surface area contributed by atoms with E-state index < -0.39 is 4.92 Å². The molecule has 0 N–H and O–H groups in total. The van der Waals surface area contributed by atoms with Gasteiger partial charge in [-0.2, -0.15) is 0 Å². The summed E-state index contributed by atoms with van der Waals surface area (Å²) >= 11 is 1.20. The zero-order valence-corrected chi connectivity index (χ0v) is 13.7. The number of nitro groups is 1. The van der Waals surface area contributed by atoms with Gasteiger partial charge >= 0.3 is 5.69 Å². The van der Waals surface area contributed by atoms with Crippen molar-refractivity contribution >= 4 is 23.4 Å². The number of hydrogen-bond donors (Lipinski definition) is 0. The Hall–Kier alpha value is -2.20. The molecule has 0 atom stereocenters. The monoisotopic (exact) mass is 348 g/mol. The third-order valence-corrected chi connectivity index (χ3v) is 4.96. The first-order valence-corrected chi connectivity index (χ1v) is 8.60. The van der Waals surface area contributed by atoms with Crippen LogP contribution < -0.4 is 4.90 Å². The van der Waals surface area contributed by atoms with E-state index in [9.17, 15) is 10.1 Å². The van der Waals surface area contributed by atoms with Crippen molar-refractivity contribution in [3.05, 3.63) is 28.4 Å². The van der Waals surface area contributed by atoms with Crippen LogP contribution in [0.1, 0.15) is 18.9 Å². The molecular weight excluding hydrogens is 332 g/mol. The zero-order valence-electron chi connectivity index (χ0n) is 12.9. The van der Waals surface area contributed by atoms with Gasteiger partial charge in [-0.15, -0.1) is 10.2 Å². The summed E-state index contributed by atoms with van der Waals surface area (Å²) in [7, 11) is 0. The SMILES string of the molecule is O=[N+]([O-])c1cccnc1Sc1nnc(N2CCOCC2)n1C1CC1. The Morgan fingerprint density at radius 1 is 1.29 bits per heavy atom. The van der Waals surface area contributed by atoms with Crippen LogP contribution in [0.5, 0.6) is 0 Å². The molecule has 0 radical (unpaired) electrons. The summed E-state index contributed by atoms with van der Waals surface area (Å²) in [5.41, 5.74) is -0.0132. The van der Waals surface area contributed by atoms with Gasteiger partial charge in [0.05, 0.1) is 18.1 Å². The molecule has 2 aromatic rings. The first-order valence-electron chi connectivity index (χ1n) is 7.79. The molecule has 2 aromatic heterocycles. The number of rotatable bonds is 5. The van der Waals surface area contributed by atoms with Crippen molar-refractivity contribution in [1.82, 2.24) is 19.7 Å². The largest absolute Gasteiger partial charge is 0.378 e. The summed E-state index contributed by atoms with van der Waals surface area (Å²) in [6.07, 6.45) is 3.70. The number of nitrogens with zero attached hydrogens (tertiary/aromatic N) is 6. The predicted octanol–water partition coefficient (Wildman–Crippen LogP) is 1.90. The quantitative estimate of drug-likeness (QED) is 0.597. The van der Waals surface area contributed by atoms with Gasteiger partial charge in [-0.25, -0.2) is 4.98 Å². The lowest BCUT2D eigenvalue weighted by Crippen LogP contribution is -2.38. The van der Waals surface area contributed by atoms with Crippen molar-refractivity contribution in [1.29, 1.82) is 0 Å². The van der Waals surface area contributed by atoms with Gasteiger partial charge in [0.15, 0.2) is 10.2 Å². The van der Waals surface area contributed by atoms with Gasteiger partial charge in [-0.3, -0.25) is 14.7 Å². The maximum absolute atomic E-state index is 11.2. The van der Waals surface area contributed by atoms with E-state index in [-0.39, 0.29) is 5.69 Å². The highest BCUT2D eigenvalue weighted by Crippen LogP contribution is 2.43.